The Hall–Kier alpha value is -3.81. The second-order valence-corrected chi connectivity index (χ2v) is 6.43. The Bertz CT molecular complexity index is 951. The highest BCUT2D eigenvalue weighted by molar-refractivity contribution is 6.09. The Labute approximate surface area is 167 Å². The van der Waals surface area contributed by atoms with Crippen LogP contribution in [-0.4, -0.2) is 29.3 Å². The molecule has 0 spiro atoms. The minimum atomic E-state index is -0.468. The fourth-order valence-corrected chi connectivity index (χ4v) is 2.45. The van der Waals surface area contributed by atoms with Crippen LogP contribution in [0.5, 0.6) is 0 Å². The number of hydrogen-bond donors (Lipinski definition) is 3. The third kappa shape index (κ3) is 7.02. The lowest BCUT2D eigenvalue weighted by Gasteiger charge is -2.12. The first-order chi connectivity index (χ1) is 13.7. The van der Waals surface area contributed by atoms with Crippen molar-refractivity contribution in [3.05, 3.63) is 54.1 Å². The summed E-state index contributed by atoms with van der Waals surface area (Å²) in [4.78, 5) is 57.9. The number of hydrogen-bond acceptors (Lipinski definition) is 5. The summed E-state index contributed by atoms with van der Waals surface area (Å²) in [5.41, 5.74) is 1.55. The molecule has 0 bridgehead atoms. The number of carbonyl (C=O) groups excluding carboxylic acids is 5. The Morgan fingerprint density at radius 2 is 1.14 bits per heavy atom. The number of benzene rings is 2. The molecule has 0 saturated carbocycles. The van der Waals surface area contributed by atoms with E-state index in [0.717, 1.165) is 0 Å². The lowest BCUT2D eigenvalue weighted by molar-refractivity contribution is -0.125. The van der Waals surface area contributed by atoms with Gasteiger partial charge in [0.1, 0.15) is 11.6 Å². The van der Waals surface area contributed by atoms with Crippen molar-refractivity contribution >= 4 is 46.4 Å². The van der Waals surface area contributed by atoms with E-state index in [1.807, 2.05) is 0 Å². The monoisotopic (exact) mass is 395 g/mol. The van der Waals surface area contributed by atoms with Crippen LogP contribution in [0.1, 0.15) is 37.0 Å². The van der Waals surface area contributed by atoms with Crippen LogP contribution in [0.15, 0.2) is 48.5 Å². The zero-order valence-electron chi connectivity index (χ0n) is 16.1. The van der Waals surface area contributed by atoms with Crippen molar-refractivity contribution in [1.29, 1.82) is 0 Å². The van der Waals surface area contributed by atoms with Gasteiger partial charge in [-0.05, 0) is 50.2 Å². The molecule has 0 aliphatic carbocycles. The summed E-state index contributed by atoms with van der Waals surface area (Å²) in [5, 5.41) is 7.87. The highest BCUT2D eigenvalue weighted by Crippen LogP contribution is 2.22. The number of rotatable bonds is 8. The van der Waals surface area contributed by atoms with Crippen LogP contribution < -0.4 is 16.0 Å². The van der Waals surface area contributed by atoms with Gasteiger partial charge in [-0.15, -0.1) is 0 Å². The van der Waals surface area contributed by atoms with Crippen LogP contribution in [0, 0.1) is 0 Å². The molecule has 3 amide bonds. The minimum Gasteiger partial charge on any atom is -0.326 e. The standard InChI is InChI=1S/C21H21N3O5/c1-13(25)11-19(27)22-16-9-7-15(8-10-16)21(29)24-18-6-4-3-5-17(18)23-20(28)12-14(2)26/h3-10H,11-12H2,1-2H3,(H,22,27)(H,23,28)(H,24,29). The van der Waals surface area contributed by atoms with Gasteiger partial charge in [0, 0.05) is 11.3 Å². The number of amides is 3. The summed E-state index contributed by atoms with van der Waals surface area (Å²) in [6, 6.07) is 12.8. The molecule has 0 aromatic heterocycles. The van der Waals surface area contributed by atoms with E-state index >= 15 is 0 Å². The van der Waals surface area contributed by atoms with Crippen LogP contribution >= 0.6 is 0 Å². The fourth-order valence-electron chi connectivity index (χ4n) is 2.45. The number of nitrogens with one attached hydrogen (secondary N) is 3. The van der Waals surface area contributed by atoms with E-state index in [1.54, 1.807) is 36.4 Å². The molecule has 29 heavy (non-hydrogen) atoms. The zero-order valence-corrected chi connectivity index (χ0v) is 16.1. The van der Waals surface area contributed by atoms with Gasteiger partial charge in [-0.25, -0.2) is 0 Å². The molecule has 0 unspecified atom stereocenters. The zero-order chi connectivity index (χ0) is 21.4. The van der Waals surface area contributed by atoms with Crippen molar-refractivity contribution in [2.45, 2.75) is 26.7 Å². The van der Waals surface area contributed by atoms with Crippen LogP contribution in [-0.2, 0) is 19.2 Å². The quantitative estimate of drug-likeness (QED) is 0.594. The molecule has 2 aromatic carbocycles. The number of anilines is 3. The molecule has 8 heteroatoms. The maximum Gasteiger partial charge on any atom is 0.255 e. The van der Waals surface area contributed by atoms with Gasteiger partial charge in [-0.3, -0.25) is 24.0 Å². The predicted molar refractivity (Wildman–Crippen MR) is 109 cm³/mol. The summed E-state index contributed by atoms with van der Waals surface area (Å²) < 4.78 is 0. The molecule has 3 N–H and O–H groups in total. The average Bonchev–Trinajstić information content (AvgIpc) is 2.62. The first-order valence-electron chi connectivity index (χ1n) is 8.83. The Morgan fingerprint density at radius 3 is 1.66 bits per heavy atom. The molecule has 8 nitrogen and oxygen atoms in total. The van der Waals surface area contributed by atoms with Gasteiger partial charge < -0.3 is 16.0 Å². The lowest BCUT2D eigenvalue weighted by atomic mass is 10.1. The largest absolute Gasteiger partial charge is 0.326 e. The topological polar surface area (TPSA) is 121 Å². The summed E-state index contributed by atoms with van der Waals surface area (Å²) in [6.45, 7) is 2.65. The lowest BCUT2D eigenvalue weighted by Crippen LogP contribution is -2.18. The average molecular weight is 395 g/mol. The normalized spacial score (nSPS) is 10.0. The number of para-hydroxylation sites is 2. The molecule has 150 valence electrons. The maximum atomic E-state index is 12.5. The van der Waals surface area contributed by atoms with Crippen molar-refractivity contribution < 1.29 is 24.0 Å². The minimum absolute atomic E-state index is 0.214. The molecule has 0 atom stereocenters. The number of Topliss-reactive ketones (excluding diaryl/α,β-unsaturated/α-hetero) is 2. The predicted octanol–water partition coefficient (Wildman–Crippen LogP) is 2.77. The third-order valence-electron chi connectivity index (χ3n) is 3.70. The Balaban J connectivity index is 2.05. The highest BCUT2D eigenvalue weighted by Gasteiger charge is 2.12. The molecule has 2 rings (SSSR count). The summed E-state index contributed by atoms with van der Waals surface area (Å²) in [6.07, 6.45) is -0.465. The van der Waals surface area contributed by atoms with Gasteiger partial charge in [0.25, 0.3) is 5.91 Å². The van der Waals surface area contributed by atoms with Crippen molar-refractivity contribution in [2.24, 2.45) is 0 Å². The van der Waals surface area contributed by atoms with Crippen LogP contribution in [0.3, 0.4) is 0 Å². The van der Waals surface area contributed by atoms with Crippen LogP contribution in [0.4, 0.5) is 17.1 Å². The molecule has 0 fully saturated rings. The van der Waals surface area contributed by atoms with E-state index in [1.165, 1.54) is 26.0 Å². The van der Waals surface area contributed by atoms with E-state index in [4.69, 9.17) is 0 Å². The first kappa shape index (κ1) is 21.5. The van der Waals surface area contributed by atoms with Gasteiger partial charge in [0.15, 0.2) is 0 Å². The SMILES string of the molecule is CC(=O)CC(=O)Nc1ccc(C(=O)Nc2ccccc2NC(=O)CC(C)=O)cc1. The Morgan fingerprint density at radius 1 is 0.655 bits per heavy atom. The van der Waals surface area contributed by atoms with Gasteiger partial charge in [0.2, 0.25) is 11.8 Å². The van der Waals surface area contributed by atoms with Crippen molar-refractivity contribution in [3.8, 4) is 0 Å². The Kier molecular flexibility index (Phi) is 7.36. The molecular formula is C21H21N3O5. The molecule has 2 aromatic rings. The molecule has 0 aliphatic rings. The molecular weight excluding hydrogens is 374 g/mol. The highest BCUT2D eigenvalue weighted by atomic mass is 16.2. The third-order valence-corrected chi connectivity index (χ3v) is 3.70. The van der Waals surface area contributed by atoms with Crippen molar-refractivity contribution in [2.75, 3.05) is 16.0 Å². The fraction of sp³-hybridized carbons (Fsp3) is 0.190. The molecule has 0 aliphatic heterocycles. The molecule has 0 radical (unpaired) electrons. The van der Waals surface area contributed by atoms with E-state index in [-0.39, 0.29) is 24.4 Å². The van der Waals surface area contributed by atoms with Crippen LogP contribution in [0.2, 0.25) is 0 Å². The van der Waals surface area contributed by atoms with E-state index in [0.29, 0.717) is 22.6 Å². The van der Waals surface area contributed by atoms with Gasteiger partial charge >= 0.3 is 0 Å². The van der Waals surface area contributed by atoms with E-state index < -0.39 is 17.7 Å². The van der Waals surface area contributed by atoms with Gasteiger partial charge in [0.05, 0.1) is 24.2 Å². The summed E-state index contributed by atoms with van der Waals surface area (Å²) in [5.74, 6) is -1.82. The van der Waals surface area contributed by atoms with Crippen molar-refractivity contribution in [3.63, 3.8) is 0 Å². The molecule has 0 heterocycles. The molecule has 0 saturated heterocycles. The summed E-state index contributed by atoms with van der Waals surface area (Å²) in [7, 11) is 0. The second kappa shape index (κ2) is 9.93. The van der Waals surface area contributed by atoms with Gasteiger partial charge in [-0.1, -0.05) is 12.1 Å². The van der Waals surface area contributed by atoms with E-state index in [9.17, 15) is 24.0 Å². The van der Waals surface area contributed by atoms with E-state index in [2.05, 4.69) is 16.0 Å². The first-order valence-corrected chi connectivity index (χ1v) is 8.83. The van der Waals surface area contributed by atoms with Crippen molar-refractivity contribution in [1.82, 2.24) is 0 Å². The smallest absolute Gasteiger partial charge is 0.255 e. The van der Waals surface area contributed by atoms with Crippen LogP contribution in [0.25, 0.3) is 0 Å². The summed E-state index contributed by atoms with van der Waals surface area (Å²) >= 11 is 0. The van der Waals surface area contributed by atoms with Gasteiger partial charge in [-0.2, -0.15) is 0 Å². The number of ketones is 2. The maximum absolute atomic E-state index is 12.5. The second-order valence-electron chi connectivity index (χ2n) is 6.43. The number of carbonyl (C=O) groups is 5.